The van der Waals surface area contributed by atoms with Crippen LogP contribution in [0.4, 0.5) is 4.79 Å². The lowest BCUT2D eigenvalue weighted by molar-refractivity contribution is -0.131. The first-order chi connectivity index (χ1) is 11.5. The first kappa shape index (κ1) is 16.3. The molecule has 5 nitrogen and oxygen atoms in total. The van der Waals surface area contributed by atoms with Crippen LogP contribution in [0.3, 0.4) is 0 Å². The summed E-state index contributed by atoms with van der Waals surface area (Å²) < 4.78 is 5.56. The molecule has 1 heterocycles. The normalized spacial score (nSPS) is 20.2. The Hall–Kier alpha value is -2.53. The van der Waals surface area contributed by atoms with Crippen LogP contribution in [0.15, 0.2) is 54.6 Å². The van der Waals surface area contributed by atoms with Gasteiger partial charge in [-0.2, -0.15) is 0 Å². The molecule has 1 atom stereocenters. The van der Waals surface area contributed by atoms with Crippen LogP contribution < -0.4 is 10.1 Å². The van der Waals surface area contributed by atoms with Crippen molar-refractivity contribution in [2.45, 2.75) is 12.5 Å². The molecule has 1 N–H and O–H groups in total. The largest absolute Gasteiger partial charge is 0.492 e. The molecule has 0 bridgehead atoms. The fraction of sp³-hybridized carbons (Fsp3) is 0.222. The molecule has 1 aliphatic rings. The summed E-state index contributed by atoms with van der Waals surface area (Å²) in [6, 6.07) is 15.8. The van der Waals surface area contributed by atoms with Crippen LogP contribution in [0.25, 0.3) is 0 Å². The van der Waals surface area contributed by atoms with Crippen molar-refractivity contribution < 1.29 is 14.3 Å². The van der Waals surface area contributed by atoms with Gasteiger partial charge < -0.3 is 10.1 Å². The lowest BCUT2D eigenvalue weighted by Crippen LogP contribution is -2.41. The van der Waals surface area contributed by atoms with E-state index in [4.69, 9.17) is 16.3 Å². The van der Waals surface area contributed by atoms with Gasteiger partial charge in [0.25, 0.3) is 5.91 Å². The van der Waals surface area contributed by atoms with Crippen molar-refractivity contribution in [2.24, 2.45) is 0 Å². The van der Waals surface area contributed by atoms with E-state index in [0.29, 0.717) is 16.3 Å². The van der Waals surface area contributed by atoms with E-state index in [1.807, 2.05) is 30.3 Å². The van der Waals surface area contributed by atoms with Crippen molar-refractivity contribution in [3.63, 3.8) is 0 Å². The number of urea groups is 1. The Morgan fingerprint density at radius 3 is 2.46 bits per heavy atom. The van der Waals surface area contributed by atoms with Crippen molar-refractivity contribution >= 4 is 23.5 Å². The SMILES string of the molecule is C[C@]1(c2ccccc2Cl)NC(=O)N(CCOc2ccccc2)C1=O. The van der Waals surface area contributed by atoms with Crippen LogP contribution in [0, 0.1) is 0 Å². The van der Waals surface area contributed by atoms with Gasteiger partial charge in [-0.05, 0) is 25.1 Å². The number of amides is 3. The zero-order chi connectivity index (χ0) is 17.2. The van der Waals surface area contributed by atoms with Crippen LogP contribution in [-0.4, -0.2) is 30.0 Å². The van der Waals surface area contributed by atoms with Gasteiger partial charge in [0.2, 0.25) is 0 Å². The fourth-order valence-electron chi connectivity index (χ4n) is 2.72. The zero-order valence-electron chi connectivity index (χ0n) is 13.2. The summed E-state index contributed by atoms with van der Waals surface area (Å²) in [4.78, 5) is 26.1. The molecule has 1 fully saturated rings. The Balaban J connectivity index is 1.71. The van der Waals surface area contributed by atoms with E-state index < -0.39 is 11.6 Å². The highest BCUT2D eigenvalue weighted by molar-refractivity contribution is 6.32. The molecule has 0 saturated carbocycles. The summed E-state index contributed by atoms with van der Waals surface area (Å²) in [5.74, 6) is 0.357. The highest BCUT2D eigenvalue weighted by atomic mass is 35.5. The number of carbonyl (C=O) groups is 2. The minimum atomic E-state index is -1.16. The Bertz CT molecular complexity index is 766. The lowest BCUT2D eigenvalue weighted by Gasteiger charge is -2.23. The highest BCUT2D eigenvalue weighted by Crippen LogP contribution is 2.33. The third-order valence-corrected chi connectivity index (χ3v) is 4.34. The van der Waals surface area contributed by atoms with E-state index in [2.05, 4.69) is 5.32 Å². The quantitative estimate of drug-likeness (QED) is 0.847. The summed E-state index contributed by atoms with van der Waals surface area (Å²) in [6.07, 6.45) is 0. The Morgan fingerprint density at radius 1 is 1.08 bits per heavy atom. The van der Waals surface area contributed by atoms with E-state index in [1.54, 1.807) is 31.2 Å². The standard InChI is InChI=1S/C18H17ClN2O3/c1-18(14-9-5-6-10-15(14)19)16(22)21(17(23)20-18)11-12-24-13-7-3-2-4-8-13/h2-10H,11-12H2,1H3,(H,20,23)/t18-/m1/s1. The molecule has 3 rings (SSSR count). The molecule has 2 aromatic carbocycles. The third kappa shape index (κ3) is 2.95. The van der Waals surface area contributed by atoms with E-state index in [-0.39, 0.29) is 19.1 Å². The Labute approximate surface area is 145 Å². The molecule has 0 radical (unpaired) electrons. The molecule has 24 heavy (non-hydrogen) atoms. The van der Waals surface area contributed by atoms with Crippen molar-refractivity contribution in [2.75, 3.05) is 13.2 Å². The van der Waals surface area contributed by atoms with Crippen LogP contribution in [0.2, 0.25) is 5.02 Å². The van der Waals surface area contributed by atoms with Gasteiger partial charge in [-0.3, -0.25) is 9.69 Å². The van der Waals surface area contributed by atoms with Gasteiger partial charge in [-0.25, -0.2) is 4.79 Å². The van der Waals surface area contributed by atoms with Crippen LogP contribution in [-0.2, 0) is 10.3 Å². The number of benzene rings is 2. The molecule has 124 valence electrons. The Morgan fingerprint density at radius 2 is 1.75 bits per heavy atom. The van der Waals surface area contributed by atoms with Crippen LogP contribution >= 0.6 is 11.6 Å². The van der Waals surface area contributed by atoms with Gasteiger partial charge in [0.1, 0.15) is 17.9 Å². The minimum Gasteiger partial charge on any atom is -0.492 e. The Kier molecular flexibility index (Phi) is 4.44. The number of hydrogen-bond donors (Lipinski definition) is 1. The number of halogens is 1. The summed E-state index contributed by atoms with van der Waals surface area (Å²) >= 11 is 6.19. The fourth-order valence-corrected chi connectivity index (χ4v) is 3.05. The average Bonchev–Trinajstić information content (AvgIpc) is 2.80. The maximum Gasteiger partial charge on any atom is 0.325 e. The third-order valence-electron chi connectivity index (χ3n) is 4.01. The van der Waals surface area contributed by atoms with Crippen molar-refractivity contribution in [1.29, 1.82) is 0 Å². The van der Waals surface area contributed by atoms with Gasteiger partial charge in [0.05, 0.1) is 6.54 Å². The second kappa shape index (κ2) is 6.53. The van der Waals surface area contributed by atoms with Gasteiger partial charge in [0.15, 0.2) is 0 Å². The minimum absolute atomic E-state index is 0.166. The maximum atomic E-state index is 12.8. The first-order valence-electron chi connectivity index (χ1n) is 7.59. The summed E-state index contributed by atoms with van der Waals surface area (Å²) in [5.41, 5.74) is -0.584. The smallest absolute Gasteiger partial charge is 0.325 e. The zero-order valence-corrected chi connectivity index (χ0v) is 13.9. The van der Waals surface area contributed by atoms with E-state index in [0.717, 1.165) is 4.90 Å². The predicted molar refractivity (Wildman–Crippen MR) is 91.0 cm³/mol. The number of para-hydroxylation sites is 1. The van der Waals surface area contributed by atoms with Gasteiger partial charge in [0, 0.05) is 10.6 Å². The van der Waals surface area contributed by atoms with Gasteiger partial charge in [-0.15, -0.1) is 0 Å². The number of nitrogens with one attached hydrogen (secondary N) is 1. The number of rotatable bonds is 5. The number of carbonyl (C=O) groups excluding carboxylic acids is 2. The second-order valence-electron chi connectivity index (χ2n) is 5.65. The number of nitrogens with zero attached hydrogens (tertiary/aromatic N) is 1. The molecule has 6 heteroatoms. The second-order valence-corrected chi connectivity index (χ2v) is 6.06. The van der Waals surface area contributed by atoms with E-state index >= 15 is 0 Å². The molecule has 0 unspecified atom stereocenters. The number of hydrogen-bond acceptors (Lipinski definition) is 3. The number of imide groups is 1. The van der Waals surface area contributed by atoms with Crippen molar-refractivity contribution in [1.82, 2.24) is 10.2 Å². The predicted octanol–water partition coefficient (Wildman–Crippen LogP) is 3.19. The lowest BCUT2D eigenvalue weighted by atomic mass is 9.92. The van der Waals surface area contributed by atoms with Crippen LogP contribution in [0.1, 0.15) is 12.5 Å². The molecular weight excluding hydrogens is 328 g/mol. The van der Waals surface area contributed by atoms with Crippen molar-refractivity contribution in [3.8, 4) is 5.75 Å². The molecule has 1 saturated heterocycles. The van der Waals surface area contributed by atoms with Crippen LogP contribution in [0.5, 0.6) is 5.75 Å². The van der Waals surface area contributed by atoms with Gasteiger partial charge in [-0.1, -0.05) is 48.0 Å². The molecule has 1 aliphatic heterocycles. The molecule has 2 aromatic rings. The summed E-state index contributed by atoms with van der Waals surface area (Å²) in [7, 11) is 0. The van der Waals surface area contributed by atoms with Gasteiger partial charge >= 0.3 is 6.03 Å². The number of ether oxygens (including phenoxy) is 1. The molecule has 0 aromatic heterocycles. The molecular formula is C18H17ClN2O3. The molecule has 0 spiro atoms. The highest BCUT2D eigenvalue weighted by Gasteiger charge is 2.49. The van der Waals surface area contributed by atoms with Crippen molar-refractivity contribution in [3.05, 3.63) is 65.2 Å². The molecule has 3 amide bonds. The average molecular weight is 345 g/mol. The first-order valence-corrected chi connectivity index (χ1v) is 7.97. The van der Waals surface area contributed by atoms with E-state index in [1.165, 1.54) is 0 Å². The topological polar surface area (TPSA) is 58.6 Å². The summed E-state index contributed by atoms with van der Waals surface area (Å²) in [6.45, 7) is 2.05. The van der Waals surface area contributed by atoms with E-state index in [9.17, 15) is 9.59 Å². The maximum absolute atomic E-state index is 12.8. The monoisotopic (exact) mass is 344 g/mol. The summed E-state index contributed by atoms with van der Waals surface area (Å²) in [5, 5.41) is 3.17. The molecule has 0 aliphatic carbocycles.